The first-order valence-corrected chi connectivity index (χ1v) is 6.22. The molecule has 0 aliphatic carbocycles. The number of benzene rings is 2. The van der Waals surface area contributed by atoms with Crippen molar-refractivity contribution in [1.82, 2.24) is 0 Å². The summed E-state index contributed by atoms with van der Waals surface area (Å²) in [6.07, 6.45) is -4.46. The zero-order valence-electron chi connectivity index (χ0n) is 10.5. The summed E-state index contributed by atoms with van der Waals surface area (Å²) < 4.78 is 56.3. The van der Waals surface area contributed by atoms with E-state index in [1.165, 1.54) is 18.2 Å². The van der Waals surface area contributed by atoms with Gasteiger partial charge in [0.05, 0.1) is 10.6 Å². The van der Waals surface area contributed by atoms with Crippen molar-refractivity contribution in [2.24, 2.45) is 5.73 Å². The molecule has 0 atom stereocenters. The number of rotatable bonds is 3. The van der Waals surface area contributed by atoms with Crippen LogP contribution in [0.3, 0.4) is 0 Å². The number of halogens is 5. The molecule has 2 rings (SSSR count). The minimum atomic E-state index is -4.46. The predicted molar refractivity (Wildman–Crippen MR) is 70.8 cm³/mol. The summed E-state index contributed by atoms with van der Waals surface area (Å²) in [5.41, 5.74) is 4.81. The van der Waals surface area contributed by atoms with Gasteiger partial charge < -0.3 is 10.5 Å². The number of hydrogen-bond donors (Lipinski definition) is 1. The van der Waals surface area contributed by atoms with Crippen LogP contribution in [0.4, 0.5) is 17.6 Å². The van der Waals surface area contributed by atoms with E-state index in [9.17, 15) is 17.6 Å². The summed E-state index contributed by atoms with van der Waals surface area (Å²) in [7, 11) is 0. The Labute approximate surface area is 123 Å². The van der Waals surface area contributed by atoms with Crippen molar-refractivity contribution in [3.8, 4) is 11.5 Å². The highest BCUT2D eigenvalue weighted by molar-refractivity contribution is 6.30. The van der Waals surface area contributed by atoms with Crippen molar-refractivity contribution >= 4 is 11.6 Å². The van der Waals surface area contributed by atoms with Gasteiger partial charge in [0.15, 0.2) is 0 Å². The number of ether oxygens (including phenoxy) is 1. The Morgan fingerprint density at radius 2 is 1.81 bits per heavy atom. The van der Waals surface area contributed by atoms with Crippen LogP contribution >= 0.6 is 11.6 Å². The largest absolute Gasteiger partial charge is 0.457 e. The first kappa shape index (κ1) is 15.6. The normalized spacial score (nSPS) is 11.5. The summed E-state index contributed by atoms with van der Waals surface area (Å²) in [6, 6.07) is 6.63. The second-order valence-corrected chi connectivity index (χ2v) is 4.61. The van der Waals surface area contributed by atoms with Gasteiger partial charge in [-0.1, -0.05) is 11.6 Å². The second-order valence-electron chi connectivity index (χ2n) is 4.20. The number of alkyl halides is 3. The van der Waals surface area contributed by atoms with Crippen molar-refractivity contribution in [2.75, 3.05) is 0 Å². The maximum absolute atomic E-state index is 13.0. The molecule has 112 valence electrons. The molecule has 0 saturated carbocycles. The lowest BCUT2D eigenvalue weighted by Gasteiger charge is -2.13. The lowest BCUT2D eigenvalue weighted by molar-refractivity contribution is -0.137. The zero-order chi connectivity index (χ0) is 15.6. The third-order valence-electron chi connectivity index (χ3n) is 2.73. The minimum absolute atomic E-state index is 0.131. The maximum atomic E-state index is 13.0. The summed E-state index contributed by atoms with van der Waals surface area (Å²) >= 11 is 5.61. The highest BCUT2D eigenvalue weighted by Crippen LogP contribution is 2.34. The van der Waals surface area contributed by atoms with Crippen molar-refractivity contribution in [1.29, 1.82) is 0 Å². The Morgan fingerprint density at radius 1 is 1.10 bits per heavy atom. The molecule has 0 fully saturated rings. The van der Waals surface area contributed by atoms with Crippen LogP contribution in [0.2, 0.25) is 5.02 Å². The van der Waals surface area contributed by atoms with E-state index in [0.29, 0.717) is 0 Å². The molecule has 2 aromatic carbocycles. The van der Waals surface area contributed by atoms with Gasteiger partial charge in [0.1, 0.15) is 17.3 Å². The lowest BCUT2D eigenvalue weighted by atomic mass is 10.1. The fourth-order valence-corrected chi connectivity index (χ4v) is 1.85. The molecule has 7 heteroatoms. The quantitative estimate of drug-likeness (QED) is 0.829. The number of nitrogens with two attached hydrogens (primary N) is 1. The fourth-order valence-electron chi connectivity index (χ4n) is 1.68. The molecule has 0 heterocycles. The highest BCUT2D eigenvalue weighted by Gasteiger charge is 2.31. The Kier molecular flexibility index (Phi) is 4.39. The van der Waals surface area contributed by atoms with E-state index in [1.54, 1.807) is 0 Å². The van der Waals surface area contributed by atoms with Gasteiger partial charge in [0.25, 0.3) is 0 Å². The van der Waals surface area contributed by atoms with Gasteiger partial charge in [0.2, 0.25) is 0 Å². The van der Waals surface area contributed by atoms with Crippen molar-refractivity contribution < 1.29 is 22.3 Å². The van der Waals surface area contributed by atoms with Crippen LogP contribution in [0.5, 0.6) is 11.5 Å². The van der Waals surface area contributed by atoms with E-state index < -0.39 is 17.6 Å². The zero-order valence-corrected chi connectivity index (χ0v) is 11.3. The smallest absolute Gasteiger partial charge is 0.416 e. The molecule has 0 aromatic heterocycles. The van der Waals surface area contributed by atoms with Crippen LogP contribution in [0.15, 0.2) is 36.4 Å². The van der Waals surface area contributed by atoms with E-state index in [0.717, 1.165) is 18.2 Å². The van der Waals surface area contributed by atoms with Gasteiger partial charge in [-0.15, -0.1) is 0 Å². The topological polar surface area (TPSA) is 35.2 Å². The third-order valence-corrected chi connectivity index (χ3v) is 3.02. The van der Waals surface area contributed by atoms with Crippen LogP contribution in [0.1, 0.15) is 11.1 Å². The van der Waals surface area contributed by atoms with Gasteiger partial charge >= 0.3 is 6.18 Å². The molecule has 0 amide bonds. The monoisotopic (exact) mass is 319 g/mol. The molecule has 0 aliphatic rings. The van der Waals surface area contributed by atoms with Gasteiger partial charge in [-0.05, 0) is 30.3 Å². The van der Waals surface area contributed by atoms with Crippen LogP contribution in [0, 0.1) is 5.82 Å². The maximum Gasteiger partial charge on any atom is 0.416 e. The van der Waals surface area contributed by atoms with Crippen LogP contribution in [-0.4, -0.2) is 0 Å². The molecule has 2 nitrogen and oxygen atoms in total. The molecule has 0 spiro atoms. The third kappa shape index (κ3) is 3.65. The van der Waals surface area contributed by atoms with Gasteiger partial charge in [0, 0.05) is 18.2 Å². The van der Waals surface area contributed by atoms with Crippen molar-refractivity contribution in [3.05, 3.63) is 58.4 Å². The number of hydrogen-bond acceptors (Lipinski definition) is 2. The summed E-state index contributed by atoms with van der Waals surface area (Å²) in [5.74, 6) is -0.250. The summed E-state index contributed by atoms with van der Waals surface area (Å²) in [4.78, 5) is 0. The van der Waals surface area contributed by atoms with Gasteiger partial charge in [-0.3, -0.25) is 0 Å². The van der Waals surface area contributed by atoms with Crippen LogP contribution < -0.4 is 10.5 Å². The molecule has 0 saturated heterocycles. The van der Waals surface area contributed by atoms with Crippen LogP contribution in [0.25, 0.3) is 0 Å². The molecular formula is C14H10ClF4NO. The molecule has 0 bridgehead atoms. The van der Waals surface area contributed by atoms with E-state index in [4.69, 9.17) is 22.1 Å². The van der Waals surface area contributed by atoms with Gasteiger partial charge in [-0.2, -0.15) is 13.2 Å². The minimum Gasteiger partial charge on any atom is -0.457 e. The molecule has 0 aliphatic heterocycles. The predicted octanol–water partition coefficient (Wildman–Crippen LogP) is 4.75. The Morgan fingerprint density at radius 3 is 2.38 bits per heavy atom. The van der Waals surface area contributed by atoms with Crippen molar-refractivity contribution in [3.63, 3.8) is 0 Å². The van der Waals surface area contributed by atoms with E-state index in [1.807, 2.05) is 0 Å². The molecule has 0 radical (unpaired) electrons. The fraction of sp³-hybridized carbons (Fsp3) is 0.143. The second kappa shape index (κ2) is 5.91. The van der Waals surface area contributed by atoms with Crippen LogP contribution in [-0.2, 0) is 12.7 Å². The molecule has 2 aromatic rings. The molecule has 2 N–H and O–H groups in total. The standard InChI is InChI=1S/C14H10ClF4NO/c15-11-6-10(2-3-12(11)16)21-13-4-1-9(14(17,18)19)5-8(13)7-20/h1-6H,7,20H2. The molecule has 21 heavy (non-hydrogen) atoms. The SMILES string of the molecule is NCc1cc(C(F)(F)F)ccc1Oc1ccc(F)c(Cl)c1. The first-order valence-electron chi connectivity index (χ1n) is 5.84. The average molecular weight is 320 g/mol. The van der Waals surface area contributed by atoms with Crippen molar-refractivity contribution in [2.45, 2.75) is 12.7 Å². The van der Waals surface area contributed by atoms with E-state index in [2.05, 4.69) is 0 Å². The highest BCUT2D eigenvalue weighted by atomic mass is 35.5. The van der Waals surface area contributed by atoms with E-state index in [-0.39, 0.29) is 28.6 Å². The summed E-state index contributed by atoms with van der Waals surface area (Å²) in [6.45, 7) is -0.131. The van der Waals surface area contributed by atoms with Gasteiger partial charge in [-0.25, -0.2) is 4.39 Å². The first-order chi connectivity index (χ1) is 9.81. The Bertz CT molecular complexity index is 658. The summed E-state index contributed by atoms with van der Waals surface area (Å²) in [5, 5.41) is -0.145. The average Bonchev–Trinajstić information content (AvgIpc) is 2.42. The molecular weight excluding hydrogens is 310 g/mol. The Hall–Kier alpha value is -1.79. The Balaban J connectivity index is 2.33. The van der Waals surface area contributed by atoms with E-state index >= 15 is 0 Å². The molecule has 0 unspecified atom stereocenters. The lowest BCUT2D eigenvalue weighted by Crippen LogP contribution is -2.08.